The standard InChI is InChI=1S/C31H23N5O3/c1-38-28-18-26-24(17-25(28)30(32)37)27(15-16-33-26)39-21-13-11-20(12-14-21)34-31-23-10-6-5-9-22(23)29(35-36-31)19-7-3-2-4-8-19/h2-18H,1H3,(H2,32,37)(H,34,36). The van der Waals surface area contributed by atoms with Crippen LogP contribution in [0.1, 0.15) is 10.4 Å². The lowest BCUT2D eigenvalue weighted by Crippen LogP contribution is -2.12. The van der Waals surface area contributed by atoms with Gasteiger partial charge in [-0.2, -0.15) is 0 Å². The highest BCUT2D eigenvalue weighted by atomic mass is 16.5. The van der Waals surface area contributed by atoms with E-state index in [-0.39, 0.29) is 5.56 Å². The number of rotatable bonds is 7. The van der Waals surface area contributed by atoms with Gasteiger partial charge in [-0.15, -0.1) is 10.2 Å². The van der Waals surface area contributed by atoms with E-state index in [1.807, 2.05) is 78.9 Å². The Balaban J connectivity index is 1.28. The van der Waals surface area contributed by atoms with Crippen LogP contribution in [0.15, 0.2) is 103 Å². The van der Waals surface area contributed by atoms with Crippen LogP contribution in [-0.4, -0.2) is 28.2 Å². The number of ether oxygens (including phenoxy) is 2. The largest absolute Gasteiger partial charge is 0.496 e. The van der Waals surface area contributed by atoms with E-state index in [0.717, 1.165) is 27.7 Å². The maximum atomic E-state index is 11.9. The van der Waals surface area contributed by atoms with Gasteiger partial charge in [0.05, 0.1) is 18.2 Å². The quantitative estimate of drug-likeness (QED) is 0.251. The maximum absolute atomic E-state index is 11.9. The van der Waals surface area contributed by atoms with Crippen molar-refractivity contribution in [1.82, 2.24) is 15.2 Å². The molecule has 0 unspecified atom stereocenters. The molecule has 0 saturated carbocycles. The molecular weight excluding hydrogens is 490 g/mol. The number of hydrogen-bond donors (Lipinski definition) is 2. The average Bonchev–Trinajstić information content (AvgIpc) is 2.98. The Morgan fingerprint density at radius 1 is 0.795 bits per heavy atom. The number of methoxy groups -OCH3 is 1. The van der Waals surface area contributed by atoms with Crippen LogP contribution < -0.4 is 20.5 Å². The van der Waals surface area contributed by atoms with E-state index in [9.17, 15) is 4.79 Å². The molecule has 190 valence electrons. The van der Waals surface area contributed by atoms with Crippen LogP contribution in [0.2, 0.25) is 0 Å². The van der Waals surface area contributed by atoms with E-state index in [1.165, 1.54) is 7.11 Å². The summed E-state index contributed by atoms with van der Waals surface area (Å²) in [4.78, 5) is 16.3. The molecule has 0 saturated heterocycles. The highest BCUT2D eigenvalue weighted by molar-refractivity contribution is 6.02. The van der Waals surface area contributed by atoms with E-state index in [2.05, 4.69) is 20.5 Å². The van der Waals surface area contributed by atoms with Crippen molar-refractivity contribution in [2.75, 3.05) is 12.4 Å². The third-order valence-electron chi connectivity index (χ3n) is 6.37. The fourth-order valence-electron chi connectivity index (χ4n) is 4.47. The molecule has 0 aliphatic heterocycles. The van der Waals surface area contributed by atoms with Crippen LogP contribution >= 0.6 is 0 Å². The van der Waals surface area contributed by atoms with Crippen molar-refractivity contribution in [3.63, 3.8) is 0 Å². The van der Waals surface area contributed by atoms with Gasteiger partial charge < -0.3 is 20.5 Å². The Labute approximate surface area is 224 Å². The molecule has 0 spiro atoms. The van der Waals surface area contributed by atoms with Crippen molar-refractivity contribution in [2.45, 2.75) is 0 Å². The van der Waals surface area contributed by atoms with Crippen molar-refractivity contribution < 1.29 is 14.3 Å². The molecule has 2 heterocycles. The Morgan fingerprint density at radius 2 is 1.54 bits per heavy atom. The molecule has 6 aromatic rings. The first-order chi connectivity index (χ1) is 19.1. The van der Waals surface area contributed by atoms with E-state index in [4.69, 9.17) is 15.2 Å². The highest BCUT2D eigenvalue weighted by Gasteiger charge is 2.15. The van der Waals surface area contributed by atoms with Crippen LogP contribution in [0.3, 0.4) is 0 Å². The molecule has 0 aliphatic carbocycles. The van der Waals surface area contributed by atoms with Gasteiger partial charge in [0.15, 0.2) is 5.82 Å². The summed E-state index contributed by atoms with van der Waals surface area (Å²) in [5, 5.41) is 15.0. The highest BCUT2D eigenvalue weighted by Crippen LogP contribution is 2.34. The van der Waals surface area contributed by atoms with Gasteiger partial charge in [-0.1, -0.05) is 54.6 Å². The molecule has 0 bridgehead atoms. The smallest absolute Gasteiger partial charge is 0.252 e. The summed E-state index contributed by atoms with van der Waals surface area (Å²) in [6.07, 6.45) is 1.64. The number of carbonyl (C=O) groups is 1. The number of aromatic nitrogens is 3. The first kappa shape index (κ1) is 23.9. The zero-order valence-corrected chi connectivity index (χ0v) is 21.0. The molecule has 4 aromatic carbocycles. The summed E-state index contributed by atoms with van der Waals surface area (Å²) in [6.45, 7) is 0. The molecule has 8 heteroatoms. The second-order valence-corrected chi connectivity index (χ2v) is 8.80. The average molecular weight is 514 g/mol. The minimum absolute atomic E-state index is 0.258. The van der Waals surface area contributed by atoms with Crippen molar-refractivity contribution in [1.29, 1.82) is 0 Å². The first-order valence-corrected chi connectivity index (χ1v) is 12.2. The SMILES string of the molecule is COc1cc2nccc(Oc3ccc(Nc4nnc(-c5ccccc5)c5ccccc45)cc3)c2cc1C(N)=O. The van der Waals surface area contributed by atoms with E-state index < -0.39 is 5.91 Å². The summed E-state index contributed by atoms with van der Waals surface area (Å²) in [5.74, 6) is 1.58. The monoisotopic (exact) mass is 513 g/mol. The van der Waals surface area contributed by atoms with Crippen LogP contribution in [0.25, 0.3) is 32.9 Å². The predicted octanol–water partition coefficient (Wildman–Crippen LogP) is 6.49. The predicted molar refractivity (Wildman–Crippen MR) is 152 cm³/mol. The minimum atomic E-state index is -0.591. The second kappa shape index (κ2) is 10.1. The Hall–Kier alpha value is -5.50. The fourth-order valence-corrected chi connectivity index (χ4v) is 4.47. The summed E-state index contributed by atoms with van der Waals surface area (Å²) < 4.78 is 11.4. The van der Waals surface area contributed by atoms with Crippen LogP contribution in [-0.2, 0) is 0 Å². The van der Waals surface area contributed by atoms with Gasteiger partial charge >= 0.3 is 0 Å². The molecule has 6 rings (SSSR count). The zero-order chi connectivity index (χ0) is 26.8. The number of nitrogens with zero attached hydrogens (tertiary/aromatic N) is 3. The number of anilines is 2. The first-order valence-electron chi connectivity index (χ1n) is 12.2. The molecule has 0 radical (unpaired) electrons. The molecule has 1 amide bonds. The molecule has 2 aromatic heterocycles. The van der Waals surface area contributed by atoms with Crippen molar-refractivity contribution in [2.24, 2.45) is 5.73 Å². The molecular formula is C31H23N5O3. The van der Waals surface area contributed by atoms with Crippen LogP contribution in [0.4, 0.5) is 11.5 Å². The maximum Gasteiger partial charge on any atom is 0.252 e. The number of hydrogen-bond acceptors (Lipinski definition) is 7. The summed E-state index contributed by atoms with van der Waals surface area (Å²) in [5.41, 5.74) is 9.10. The Kier molecular flexibility index (Phi) is 6.18. The molecule has 0 atom stereocenters. The number of fused-ring (bicyclic) bond motifs is 2. The molecule has 39 heavy (non-hydrogen) atoms. The fraction of sp³-hybridized carbons (Fsp3) is 0.0323. The van der Waals surface area contributed by atoms with Gasteiger partial charge in [0, 0.05) is 39.7 Å². The number of pyridine rings is 1. The number of nitrogens with one attached hydrogen (secondary N) is 1. The number of nitrogens with two attached hydrogens (primary N) is 1. The van der Waals surface area contributed by atoms with Gasteiger partial charge in [0.25, 0.3) is 5.91 Å². The number of primary amides is 1. The number of amides is 1. The van der Waals surface area contributed by atoms with Gasteiger partial charge in [0.1, 0.15) is 22.9 Å². The van der Waals surface area contributed by atoms with Gasteiger partial charge in [0.2, 0.25) is 0 Å². The molecule has 8 nitrogen and oxygen atoms in total. The second-order valence-electron chi connectivity index (χ2n) is 8.80. The van der Waals surface area contributed by atoms with Gasteiger partial charge in [-0.3, -0.25) is 9.78 Å². The lowest BCUT2D eigenvalue weighted by molar-refractivity contribution is 0.0997. The van der Waals surface area contributed by atoms with E-state index >= 15 is 0 Å². The van der Waals surface area contributed by atoms with Gasteiger partial charge in [-0.05, 0) is 36.4 Å². The van der Waals surface area contributed by atoms with E-state index in [0.29, 0.717) is 34.0 Å². The van der Waals surface area contributed by atoms with Crippen molar-refractivity contribution in [3.8, 4) is 28.5 Å². The lowest BCUT2D eigenvalue weighted by atomic mass is 10.0. The van der Waals surface area contributed by atoms with Gasteiger partial charge in [-0.25, -0.2) is 0 Å². The Morgan fingerprint density at radius 3 is 2.28 bits per heavy atom. The topological polar surface area (TPSA) is 112 Å². The lowest BCUT2D eigenvalue weighted by Gasteiger charge is -2.13. The zero-order valence-electron chi connectivity index (χ0n) is 21.0. The van der Waals surface area contributed by atoms with Crippen LogP contribution in [0.5, 0.6) is 17.2 Å². The normalized spacial score (nSPS) is 10.9. The third-order valence-corrected chi connectivity index (χ3v) is 6.37. The van der Waals surface area contributed by atoms with Crippen molar-refractivity contribution in [3.05, 3.63) is 109 Å². The molecule has 3 N–H and O–H groups in total. The van der Waals surface area contributed by atoms with Crippen molar-refractivity contribution >= 4 is 39.1 Å². The summed E-state index contributed by atoms with van der Waals surface area (Å²) >= 11 is 0. The number of carbonyl (C=O) groups excluding carboxylic acids is 1. The summed E-state index contributed by atoms with van der Waals surface area (Å²) in [6, 6.07) is 30.6. The molecule has 0 fully saturated rings. The van der Waals surface area contributed by atoms with Crippen LogP contribution in [0, 0.1) is 0 Å². The molecule has 0 aliphatic rings. The van der Waals surface area contributed by atoms with E-state index in [1.54, 1.807) is 24.4 Å². The minimum Gasteiger partial charge on any atom is -0.496 e. The summed E-state index contributed by atoms with van der Waals surface area (Å²) in [7, 11) is 1.48. The Bertz CT molecular complexity index is 1820. The number of benzene rings is 4. The third kappa shape index (κ3) is 4.67.